The number of halogens is 4. The van der Waals surface area contributed by atoms with Gasteiger partial charge in [-0.05, 0) is 30.5 Å². The Morgan fingerprint density at radius 1 is 1.30 bits per heavy atom. The van der Waals surface area contributed by atoms with E-state index in [1.54, 1.807) is 0 Å². The lowest BCUT2D eigenvalue weighted by atomic mass is 10.0. The number of sulfonamides is 1. The van der Waals surface area contributed by atoms with Gasteiger partial charge in [0, 0.05) is 24.7 Å². The van der Waals surface area contributed by atoms with E-state index in [-0.39, 0.29) is 23.5 Å². The van der Waals surface area contributed by atoms with E-state index in [1.807, 2.05) is 13.8 Å². The smallest absolute Gasteiger partial charge is 0.327 e. The molecule has 0 aliphatic carbocycles. The predicted octanol–water partition coefficient (Wildman–Crippen LogP) is 3.35. The van der Waals surface area contributed by atoms with Crippen LogP contribution in [0.15, 0.2) is 23.1 Å². The van der Waals surface area contributed by atoms with Crippen LogP contribution in [0.4, 0.5) is 13.2 Å². The molecule has 1 rings (SSSR count). The van der Waals surface area contributed by atoms with Crippen LogP contribution in [0.2, 0.25) is 5.02 Å². The molecule has 2 N–H and O–H groups in total. The lowest BCUT2D eigenvalue weighted by Gasteiger charge is -2.23. The molecule has 0 saturated heterocycles. The third-order valence-corrected chi connectivity index (χ3v) is 5.72. The molecule has 0 aliphatic heterocycles. The van der Waals surface area contributed by atoms with Crippen LogP contribution in [0, 0.1) is 5.92 Å². The van der Waals surface area contributed by atoms with E-state index in [9.17, 15) is 21.6 Å². The highest BCUT2D eigenvalue weighted by molar-refractivity contribution is 7.89. The molecule has 1 aromatic rings. The van der Waals surface area contributed by atoms with Crippen molar-refractivity contribution in [2.24, 2.45) is 11.7 Å². The second kappa shape index (κ2) is 7.38. The molecule has 1 atom stereocenters. The molecule has 0 saturated carbocycles. The Hall–Kier alpha value is -0.830. The van der Waals surface area contributed by atoms with Crippen molar-refractivity contribution < 1.29 is 21.6 Å². The molecule has 0 fully saturated rings. The molecular weight excluding hydrogens is 353 g/mol. The molecular formula is C14H20ClF3N2O2S. The minimum Gasteiger partial charge on any atom is -0.327 e. The van der Waals surface area contributed by atoms with Crippen molar-refractivity contribution in [1.29, 1.82) is 0 Å². The molecule has 0 aliphatic rings. The van der Waals surface area contributed by atoms with Crippen LogP contribution >= 0.6 is 11.6 Å². The van der Waals surface area contributed by atoms with Gasteiger partial charge in [0.15, 0.2) is 0 Å². The van der Waals surface area contributed by atoms with Crippen LogP contribution in [0.3, 0.4) is 0 Å². The van der Waals surface area contributed by atoms with Gasteiger partial charge in [0.1, 0.15) is 0 Å². The molecule has 0 bridgehead atoms. The van der Waals surface area contributed by atoms with Crippen molar-refractivity contribution >= 4 is 21.6 Å². The van der Waals surface area contributed by atoms with Crippen LogP contribution in [0.1, 0.15) is 25.8 Å². The third-order valence-electron chi connectivity index (χ3n) is 3.57. The Bertz CT molecular complexity index is 648. The molecule has 0 aromatic heterocycles. The van der Waals surface area contributed by atoms with Crippen LogP contribution < -0.4 is 5.73 Å². The normalized spacial score (nSPS) is 14.5. The van der Waals surface area contributed by atoms with Crippen molar-refractivity contribution in [3.63, 3.8) is 0 Å². The summed E-state index contributed by atoms with van der Waals surface area (Å²) in [5.41, 5.74) is 4.57. The van der Waals surface area contributed by atoms with E-state index in [0.717, 1.165) is 16.4 Å². The molecule has 132 valence electrons. The molecule has 1 unspecified atom stereocenters. The van der Waals surface area contributed by atoms with E-state index in [4.69, 9.17) is 17.3 Å². The Morgan fingerprint density at radius 2 is 1.87 bits per heavy atom. The maximum Gasteiger partial charge on any atom is 0.417 e. The van der Waals surface area contributed by atoms with Crippen LogP contribution in [-0.4, -0.2) is 32.4 Å². The summed E-state index contributed by atoms with van der Waals surface area (Å²) < 4.78 is 65.0. The fraction of sp³-hybridized carbons (Fsp3) is 0.571. The Morgan fingerprint density at radius 3 is 2.35 bits per heavy atom. The fourth-order valence-electron chi connectivity index (χ4n) is 1.90. The summed E-state index contributed by atoms with van der Waals surface area (Å²) in [6.45, 7) is 3.81. The summed E-state index contributed by atoms with van der Waals surface area (Å²) in [5, 5.41) is -0.180. The zero-order valence-corrected chi connectivity index (χ0v) is 14.6. The minimum atomic E-state index is -4.82. The molecule has 9 heteroatoms. The second-order valence-corrected chi connectivity index (χ2v) is 8.11. The first-order valence-corrected chi connectivity index (χ1v) is 8.78. The van der Waals surface area contributed by atoms with E-state index in [1.165, 1.54) is 7.05 Å². The quantitative estimate of drug-likeness (QED) is 0.832. The van der Waals surface area contributed by atoms with Gasteiger partial charge in [-0.25, -0.2) is 12.7 Å². The highest BCUT2D eigenvalue weighted by Crippen LogP contribution is 2.36. The van der Waals surface area contributed by atoms with E-state index >= 15 is 0 Å². The molecule has 1 aromatic carbocycles. The van der Waals surface area contributed by atoms with E-state index in [0.29, 0.717) is 12.5 Å². The third kappa shape index (κ3) is 5.07. The van der Waals surface area contributed by atoms with Crippen LogP contribution in [0.25, 0.3) is 0 Å². The number of nitrogens with zero attached hydrogens (tertiary/aromatic N) is 1. The van der Waals surface area contributed by atoms with Gasteiger partial charge in [-0.2, -0.15) is 13.2 Å². The predicted molar refractivity (Wildman–Crippen MR) is 83.7 cm³/mol. The Labute approximate surface area is 139 Å². The van der Waals surface area contributed by atoms with Gasteiger partial charge in [0.25, 0.3) is 0 Å². The van der Waals surface area contributed by atoms with Gasteiger partial charge in [-0.3, -0.25) is 0 Å². The first-order chi connectivity index (χ1) is 10.4. The molecule has 0 radical (unpaired) electrons. The zero-order chi connectivity index (χ0) is 18.0. The summed E-state index contributed by atoms with van der Waals surface area (Å²) >= 11 is 5.57. The van der Waals surface area contributed by atoms with Gasteiger partial charge in [-0.15, -0.1) is 0 Å². The second-order valence-electron chi connectivity index (χ2n) is 5.66. The number of benzene rings is 1. The molecule has 23 heavy (non-hydrogen) atoms. The lowest BCUT2D eigenvalue weighted by molar-refractivity contribution is -0.139. The standard InChI is InChI=1S/C14H20ClF3N2O2S/c1-9(2)12(19)6-7-20(3)23(21,22)13-5-4-10(15)8-11(13)14(16,17)18/h4-5,8-9,12H,6-7,19H2,1-3H3. The number of hydrogen-bond donors (Lipinski definition) is 1. The summed E-state index contributed by atoms with van der Waals surface area (Å²) in [4.78, 5) is -0.810. The minimum absolute atomic E-state index is 0.0294. The van der Waals surface area contributed by atoms with Crippen LogP contribution in [0.5, 0.6) is 0 Å². The van der Waals surface area contributed by atoms with Crippen LogP contribution in [-0.2, 0) is 16.2 Å². The number of alkyl halides is 3. The molecule has 4 nitrogen and oxygen atoms in total. The van der Waals surface area contributed by atoms with Gasteiger partial charge in [0.2, 0.25) is 10.0 Å². The Balaban J connectivity index is 3.14. The van der Waals surface area contributed by atoms with Gasteiger partial charge < -0.3 is 5.73 Å². The molecule has 0 heterocycles. The maximum absolute atomic E-state index is 13.1. The van der Waals surface area contributed by atoms with Crippen molar-refractivity contribution in [2.75, 3.05) is 13.6 Å². The SMILES string of the molecule is CC(C)C(N)CCN(C)S(=O)(=O)c1ccc(Cl)cc1C(F)(F)F. The van der Waals surface area contributed by atoms with Crippen molar-refractivity contribution in [2.45, 2.75) is 37.4 Å². The topological polar surface area (TPSA) is 63.4 Å². The summed E-state index contributed by atoms with van der Waals surface area (Å²) in [6, 6.07) is 2.37. The lowest BCUT2D eigenvalue weighted by Crippen LogP contribution is -2.35. The average Bonchev–Trinajstić information content (AvgIpc) is 2.42. The maximum atomic E-state index is 13.1. The number of rotatable bonds is 6. The highest BCUT2D eigenvalue weighted by Gasteiger charge is 2.38. The average molecular weight is 373 g/mol. The van der Waals surface area contributed by atoms with Gasteiger partial charge >= 0.3 is 6.18 Å². The molecule has 0 amide bonds. The highest BCUT2D eigenvalue weighted by atomic mass is 35.5. The first-order valence-electron chi connectivity index (χ1n) is 6.96. The zero-order valence-electron chi connectivity index (χ0n) is 13.1. The summed E-state index contributed by atoms with van der Waals surface area (Å²) in [5.74, 6) is 0.146. The summed E-state index contributed by atoms with van der Waals surface area (Å²) in [7, 11) is -3.06. The summed E-state index contributed by atoms with van der Waals surface area (Å²) in [6.07, 6.45) is -4.47. The first kappa shape index (κ1) is 20.2. The molecule has 0 spiro atoms. The van der Waals surface area contributed by atoms with Crippen molar-refractivity contribution in [1.82, 2.24) is 4.31 Å². The van der Waals surface area contributed by atoms with Crippen molar-refractivity contribution in [3.8, 4) is 0 Å². The van der Waals surface area contributed by atoms with E-state index < -0.39 is 26.7 Å². The number of hydrogen-bond acceptors (Lipinski definition) is 3. The monoisotopic (exact) mass is 372 g/mol. The Kier molecular flexibility index (Phi) is 6.48. The van der Waals surface area contributed by atoms with E-state index in [2.05, 4.69) is 0 Å². The largest absolute Gasteiger partial charge is 0.417 e. The fourth-order valence-corrected chi connectivity index (χ4v) is 3.45. The van der Waals surface area contributed by atoms with Gasteiger partial charge in [-0.1, -0.05) is 25.4 Å². The van der Waals surface area contributed by atoms with Gasteiger partial charge in [0.05, 0.1) is 10.5 Å². The van der Waals surface area contributed by atoms with Crippen molar-refractivity contribution in [3.05, 3.63) is 28.8 Å². The number of nitrogens with two attached hydrogens (primary N) is 1.